The number of aromatic nitrogens is 1. The molecule has 2 aromatic rings. The lowest BCUT2D eigenvalue weighted by atomic mass is 10.1. The quantitative estimate of drug-likeness (QED) is 0.883. The van der Waals surface area contributed by atoms with Crippen LogP contribution >= 0.6 is 0 Å². The van der Waals surface area contributed by atoms with Crippen LogP contribution in [0.5, 0.6) is 0 Å². The zero-order valence-electron chi connectivity index (χ0n) is 11.1. The molecule has 0 amide bonds. The number of nitrogens with one attached hydrogen (secondary N) is 1. The Hall–Kier alpha value is -1.85. The van der Waals surface area contributed by atoms with Crippen LogP contribution in [0.4, 0.5) is 8.78 Å². The van der Waals surface area contributed by atoms with E-state index in [1.54, 1.807) is 6.20 Å². The van der Waals surface area contributed by atoms with Gasteiger partial charge in [-0.25, -0.2) is 8.78 Å². The van der Waals surface area contributed by atoms with Gasteiger partial charge in [0.05, 0.1) is 17.4 Å². The summed E-state index contributed by atoms with van der Waals surface area (Å²) >= 11 is 0. The number of aliphatic hydroxyl groups excluding tert-OH is 1. The first-order valence-corrected chi connectivity index (χ1v) is 6.32. The van der Waals surface area contributed by atoms with Crippen molar-refractivity contribution in [1.29, 1.82) is 0 Å². The van der Waals surface area contributed by atoms with Crippen molar-refractivity contribution in [3.63, 3.8) is 0 Å². The first-order valence-electron chi connectivity index (χ1n) is 6.32. The average Bonchev–Trinajstić information content (AvgIpc) is 2.41. The summed E-state index contributed by atoms with van der Waals surface area (Å²) in [6, 6.07) is 7.29. The summed E-state index contributed by atoms with van der Waals surface area (Å²) < 4.78 is 27.0. The van der Waals surface area contributed by atoms with Gasteiger partial charge in [-0.2, -0.15) is 0 Å². The molecule has 0 bridgehead atoms. The van der Waals surface area contributed by atoms with E-state index in [-0.39, 0.29) is 12.1 Å². The van der Waals surface area contributed by atoms with E-state index in [9.17, 15) is 13.9 Å². The molecule has 0 aliphatic rings. The van der Waals surface area contributed by atoms with Gasteiger partial charge in [-0.15, -0.1) is 0 Å². The molecule has 0 spiro atoms. The van der Waals surface area contributed by atoms with E-state index < -0.39 is 17.7 Å². The number of rotatable bonds is 5. The highest BCUT2D eigenvalue weighted by atomic mass is 19.1. The van der Waals surface area contributed by atoms with E-state index in [0.717, 1.165) is 23.4 Å². The van der Waals surface area contributed by atoms with E-state index in [2.05, 4.69) is 10.3 Å². The van der Waals surface area contributed by atoms with Crippen molar-refractivity contribution in [3.05, 3.63) is 65.0 Å². The maximum absolute atomic E-state index is 13.5. The molecule has 3 nitrogen and oxygen atoms in total. The number of hydrogen-bond donors (Lipinski definition) is 2. The number of aliphatic hydroxyl groups is 1. The van der Waals surface area contributed by atoms with Crippen LogP contribution in [-0.4, -0.2) is 16.6 Å². The molecule has 0 fully saturated rings. The molecule has 2 rings (SSSR count). The maximum Gasteiger partial charge on any atom is 0.131 e. The van der Waals surface area contributed by atoms with Gasteiger partial charge in [0.15, 0.2) is 0 Å². The number of aryl methyl sites for hydroxylation is 1. The Morgan fingerprint density at radius 3 is 2.55 bits per heavy atom. The lowest BCUT2D eigenvalue weighted by Crippen LogP contribution is -2.23. The second-order valence-corrected chi connectivity index (χ2v) is 4.55. The van der Waals surface area contributed by atoms with E-state index >= 15 is 0 Å². The monoisotopic (exact) mass is 278 g/mol. The van der Waals surface area contributed by atoms with Crippen LogP contribution in [0.3, 0.4) is 0 Å². The van der Waals surface area contributed by atoms with Gasteiger partial charge in [0.25, 0.3) is 0 Å². The number of benzene rings is 1. The molecule has 0 aliphatic heterocycles. The summed E-state index contributed by atoms with van der Waals surface area (Å²) in [5.74, 6) is -1.48. The molecule has 1 aromatic heterocycles. The lowest BCUT2D eigenvalue weighted by Gasteiger charge is -2.14. The summed E-state index contributed by atoms with van der Waals surface area (Å²) in [6.45, 7) is 2.41. The minimum absolute atomic E-state index is 0.0495. The highest BCUT2D eigenvalue weighted by Crippen LogP contribution is 2.20. The van der Waals surface area contributed by atoms with Gasteiger partial charge in [-0.3, -0.25) is 4.98 Å². The fraction of sp³-hybridized carbons (Fsp3) is 0.267. The molecule has 1 heterocycles. The number of pyridine rings is 1. The van der Waals surface area contributed by atoms with Crippen molar-refractivity contribution < 1.29 is 13.9 Å². The third-order valence-electron chi connectivity index (χ3n) is 3.08. The van der Waals surface area contributed by atoms with Gasteiger partial charge in [-0.05, 0) is 30.7 Å². The van der Waals surface area contributed by atoms with Crippen LogP contribution in [-0.2, 0) is 6.54 Å². The fourth-order valence-corrected chi connectivity index (χ4v) is 1.96. The molecule has 0 aliphatic carbocycles. The van der Waals surface area contributed by atoms with Gasteiger partial charge < -0.3 is 10.4 Å². The standard InChI is InChI=1S/C15H16F2N2O/c1-10-4-3-7-19-13(10)8-18-9-14(20)15-11(16)5-2-6-12(15)17/h2-7,14,18,20H,8-9H2,1H3. The van der Waals surface area contributed by atoms with Crippen molar-refractivity contribution in [1.82, 2.24) is 10.3 Å². The van der Waals surface area contributed by atoms with E-state index in [0.29, 0.717) is 6.54 Å². The van der Waals surface area contributed by atoms with Crippen LogP contribution in [0.1, 0.15) is 22.9 Å². The molecular formula is C15H16F2N2O. The van der Waals surface area contributed by atoms with Crippen molar-refractivity contribution in [2.45, 2.75) is 19.6 Å². The number of hydrogen-bond acceptors (Lipinski definition) is 3. The zero-order chi connectivity index (χ0) is 14.5. The normalized spacial score (nSPS) is 12.4. The van der Waals surface area contributed by atoms with Gasteiger partial charge in [0.2, 0.25) is 0 Å². The number of halogens is 2. The molecule has 2 N–H and O–H groups in total. The fourth-order valence-electron chi connectivity index (χ4n) is 1.96. The highest BCUT2D eigenvalue weighted by molar-refractivity contribution is 5.22. The smallest absolute Gasteiger partial charge is 0.131 e. The van der Waals surface area contributed by atoms with Crippen molar-refractivity contribution in [2.24, 2.45) is 0 Å². The maximum atomic E-state index is 13.5. The summed E-state index contributed by atoms with van der Waals surface area (Å²) in [7, 11) is 0. The van der Waals surface area contributed by atoms with Crippen LogP contribution in [0.25, 0.3) is 0 Å². The summed E-state index contributed by atoms with van der Waals surface area (Å²) in [5, 5.41) is 12.8. The topological polar surface area (TPSA) is 45.2 Å². The molecular weight excluding hydrogens is 262 g/mol. The highest BCUT2D eigenvalue weighted by Gasteiger charge is 2.17. The second kappa shape index (κ2) is 6.54. The second-order valence-electron chi connectivity index (χ2n) is 4.55. The molecule has 106 valence electrons. The largest absolute Gasteiger partial charge is 0.387 e. The number of nitrogens with zero attached hydrogens (tertiary/aromatic N) is 1. The molecule has 1 aromatic carbocycles. The Bertz CT molecular complexity index is 570. The van der Waals surface area contributed by atoms with Crippen molar-refractivity contribution in [2.75, 3.05) is 6.54 Å². The average molecular weight is 278 g/mol. The van der Waals surface area contributed by atoms with Gasteiger partial charge >= 0.3 is 0 Å². The molecule has 0 radical (unpaired) electrons. The third kappa shape index (κ3) is 3.37. The first kappa shape index (κ1) is 14.6. The lowest BCUT2D eigenvalue weighted by molar-refractivity contribution is 0.164. The van der Waals surface area contributed by atoms with E-state index in [1.807, 2.05) is 19.1 Å². The van der Waals surface area contributed by atoms with Crippen LogP contribution in [0, 0.1) is 18.6 Å². The minimum Gasteiger partial charge on any atom is -0.387 e. The van der Waals surface area contributed by atoms with Gasteiger partial charge in [0.1, 0.15) is 11.6 Å². The summed E-state index contributed by atoms with van der Waals surface area (Å²) in [5.41, 5.74) is 1.55. The summed E-state index contributed by atoms with van der Waals surface area (Å²) in [6.07, 6.45) is 0.442. The Morgan fingerprint density at radius 1 is 1.20 bits per heavy atom. The molecule has 0 saturated carbocycles. The molecule has 1 atom stereocenters. The van der Waals surface area contributed by atoms with Crippen LogP contribution in [0.15, 0.2) is 36.5 Å². The third-order valence-corrected chi connectivity index (χ3v) is 3.08. The van der Waals surface area contributed by atoms with Crippen molar-refractivity contribution >= 4 is 0 Å². The molecule has 20 heavy (non-hydrogen) atoms. The zero-order valence-corrected chi connectivity index (χ0v) is 11.1. The molecule has 1 unspecified atom stereocenters. The van der Waals surface area contributed by atoms with Crippen LogP contribution in [0.2, 0.25) is 0 Å². The van der Waals surface area contributed by atoms with Crippen molar-refractivity contribution in [3.8, 4) is 0 Å². The van der Waals surface area contributed by atoms with Crippen LogP contribution < -0.4 is 5.32 Å². The Labute approximate surface area is 116 Å². The Morgan fingerprint density at radius 2 is 1.90 bits per heavy atom. The Balaban J connectivity index is 1.96. The first-order chi connectivity index (χ1) is 9.59. The summed E-state index contributed by atoms with van der Waals surface area (Å²) in [4.78, 5) is 4.19. The Kier molecular flexibility index (Phi) is 4.76. The van der Waals surface area contributed by atoms with Gasteiger partial charge in [-0.1, -0.05) is 12.1 Å². The molecule has 0 saturated heterocycles. The predicted molar refractivity (Wildman–Crippen MR) is 72.0 cm³/mol. The minimum atomic E-state index is -1.24. The predicted octanol–water partition coefficient (Wildman–Crippen LogP) is 2.49. The van der Waals surface area contributed by atoms with E-state index in [4.69, 9.17) is 0 Å². The van der Waals surface area contributed by atoms with Gasteiger partial charge in [0, 0.05) is 19.3 Å². The SMILES string of the molecule is Cc1cccnc1CNCC(O)c1c(F)cccc1F. The molecule has 5 heteroatoms. The van der Waals surface area contributed by atoms with E-state index in [1.165, 1.54) is 6.07 Å².